The minimum Gasteiger partial charge on any atom is -0.348 e. The van der Waals surface area contributed by atoms with Crippen molar-refractivity contribution in [2.45, 2.75) is 57.5 Å². The molecule has 2 fully saturated rings. The van der Waals surface area contributed by atoms with Crippen molar-refractivity contribution in [3.05, 3.63) is 35.9 Å². The van der Waals surface area contributed by atoms with Gasteiger partial charge in [-0.05, 0) is 44.1 Å². The van der Waals surface area contributed by atoms with Crippen LogP contribution in [0.25, 0.3) is 0 Å². The number of carbonyl (C=O) groups is 3. The first-order valence-electron chi connectivity index (χ1n) is 9.43. The quantitative estimate of drug-likeness (QED) is 0.796. The summed E-state index contributed by atoms with van der Waals surface area (Å²) in [5.41, 5.74) is 0.182. The van der Waals surface area contributed by atoms with Crippen LogP contribution in [0.1, 0.15) is 57.6 Å². The van der Waals surface area contributed by atoms with Crippen LogP contribution in [0.4, 0.5) is 4.79 Å². The van der Waals surface area contributed by atoms with Crippen molar-refractivity contribution in [1.82, 2.24) is 15.5 Å². The predicted molar refractivity (Wildman–Crippen MR) is 98.2 cm³/mol. The van der Waals surface area contributed by atoms with E-state index in [4.69, 9.17) is 0 Å². The van der Waals surface area contributed by atoms with Crippen molar-refractivity contribution in [2.24, 2.45) is 5.92 Å². The molecule has 2 N–H and O–H groups in total. The van der Waals surface area contributed by atoms with Crippen molar-refractivity contribution >= 4 is 17.8 Å². The highest BCUT2D eigenvalue weighted by molar-refractivity contribution is 6.09. The van der Waals surface area contributed by atoms with Gasteiger partial charge in [0.15, 0.2) is 0 Å². The molecule has 0 unspecified atom stereocenters. The van der Waals surface area contributed by atoms with E-state index in [2.05, 4.69) is 17.6 Å². The van der Waals surface area contributed by atoms with Gasteiger partial charge in [-0.3, -0.25) is 14.5 Å². The number of hydrogen-bond acceptors (Lipinski definition) is 3. The molecular formula is C20H27N3O3. The van der Waals surface area contributed by atoms with Gasteiger partial charge in [-0.1, -0.05) is 43.7 Å². The lowest BCUT2D eigenvalue weighted by atomic mass is 9.75. The molecule has 6 nitrogen and oxygen atoms in total. The molecule has 140 valence electrons. The minimum atomic E-state index is -0.798. The average Bonchev–Trinajstić information content (AvgIpc) is 2.87. The Hall–Kier alpha value is -2.37. The Bertz CT molecular complexity index is 681. The molecule has 1 saturated carbocycles. The molecule has 4 amide bonds. The van der Waals surface area contributed by atoms with Crippen LogP contribution in [0.3, 0.4) is 0 Å². The number of amides is 4. The van der Waals surface area contributed by atoms with Crippen LogP contribution in [-0.2, 0) is 9.59 Å². The summed E-state index contributed by atoms with van der Waals surface area (Å²) in [5, 5.41) is 5.72. The lowest BCUT2D eigenvalue weighted by Gasteiger charge is -2.34. The largest absolute Gasteiger partial charge is 0.348 e. The molecule has 1 saturated heterocycles. The topological polar surface area (TPSA) is 78.5 Å². The lowest BCUT2D eigenvalue weighted by Crippen LogP contribution is -2.50. The third-order valence-electron chi connectivity index (χ3n) is 5.76. The number of rotatable bonds is 5. The third kappa shape index (κ3) is 3.59. The summed E-state index contributed by atoms with van der Waals surface area (Å²) in [7, 11) is 0. The fourth-order valence-electron chi connectivity index (χ4n) is 3.99. The molecule has 26 heavy (non-hydrogen) atoms. The van der Waals surface area contributed by atoms with E-state index in [-0.39, 0.29) is 24.4 Å². The van der Waals surface area contributed by atoms with Gasteiger partial charge in [0, 0.05) is 0 Å². The first kappa shape index (κ1) is 18.4. The number of carbonyl (C=O) groups excluding carboxylic acids is 3. The van der Waals surface area contributed by atoms with Crippen LogP contribution >= 0.6 is 0 Å². The van der Waals surface area contributed by atoms with Crippen LogP contribution in [0.2, 0.25) is 0 Å². The Kier molecular flexibility index (Phi) is 5.30. The second-order valence-corrected chi connectivity index (χ2v) is 7.46. The molecule has 1 aliphatic heterocycles. The summed E-state index contributed by atoms with van der Waals surface area (Å²) in [6.45, 7) is 3.80. The van der Waals surface area contributed by atoms with Gasteiger partial charge in [0.1, 0.15) is 12.1 Å². The molecule has 1 spiro atoms. The van der Waals surface area contributed by atoms with E-state index in [1.807, 2.05) is 37.3 Å². The second-order valence-electron chi connectivity index (χ2n) is 7.46. The summed E-state index contributed by atoms with van der Waals surface area (Å²) < 4.78 is 0. The molecule has 2 aliphatic rings. The normalized spacial score (nSPS) is 26.7. The van der Waals surface area contributed by atoms with Gasteiger partial charge < -0.3 is 10.6 Å². The van der Waals surface area contributed by atoms with Gasteiger partial charge in [-0.25, -0.2) is 4.79 Å². The van der Waals surface area contributed by atoms with Crippen LogP contribution < -0.4 is 10.6 Å². The standard InChI is InChI=1S/C20H27N3O3/c1-3-15-9-11-20(12-10-15)18(25)23(19(26)22-20)13-17(24)21-14(2)16-7-5-4-6-8-16/h4-8,14-15H,3,9-13H2,1-2H3,(H,21,24)(H,22,26)/t14-,15?,20?/m0/s1. The zero-order valence-corrected chi connectivity index (χ0v) is 15.5. The summed E-state index contributed by atoms with van der Waals surface area (Å²) in [4.78, 5) is 38.6. The van der Waals surface area contributed by atoms with Crippen LogP contribution in [0.15, 0.2) is 30.3 Å². The highest BCUT2D eigenvalue weighted by Gasteiger charge is 2.52. The molecule has 6 heteroatoms. The maximum Gasteiger partial charge on any atom is 0.325 e. The zero-order chi connectivity index (χ0) is 18.7. The average molecular weight is 357 g/mol. The lowest BCUT2D eigenvalue weighted by molar-refractivity contribution is -0.136. The minimum absolute atomic E-state index is 0.182. The maximum absolute atomic E-state index is 12.8. The first-order chi connectivity index (χ1) is 12.4. The van der Waals surface area contributed by atoms with Crippen molar-refractivity contribution in [3.63, 3.8) is 0 Å². The number of nitrogens with zero attached hydrogens (tertiary/aromatic N) is 1. The third-order valence-corrected chi connectivity index (χ3v) is 5.76. The predicted octanol–water partition coefficient (Wildman–Crippen LogP) is 2.75. The van der Waals surface area contributed by atoms with Crippen LogP contribution in [-0.4, -0.2) is 34.8 Å². The van der Waals surface area contributed by atoms with Crippen molar-refractivity contribution in [3.8, 4) is 0 Å². The molecule has 1 aromatic rings. The Morgan fingerprint density at radius 1 is 1.27 bits per heavy atom. The SMILES string of the molecule is CCC1CCC2(CC1)NC(=O)N(CC(=O)N[C@@H](C)c1ccccc1)C2=O. The van der Waals surface area contributed by atoms with Gasteiger partial charge >= 0.3 is 6.03 Å². The molecule has 3 rings (SSSR count). The molecule has 1 aliphatic carbocycles. The summed E-state index contributed by atoms with van der Waals surface area (Å²) in [6, 6.07) is 8.96. The summed E-state index contributed by atoms with van der Waals surface area (Å²) >= 11 is 0. The van der Waals surface area contributed by atoms with E-state index in [1.165, 1.54) is 0 Å². The maximum atomic E-state index is 12.8. The summed E-state index contributed by atoms with van der Waals surface area (Å²) in [6.07, 6.45) is 4.30. The van der Waals surface area contributed by atoms with E-state index >= 15 is 0 Å². The molecule has 1 aromatic carbocycles. The first-order valence-corrected chi connectivity index (χ1v) is 9.43. The second kappa shape index (κ2) is 7.48. The number of urea groups is 1. The van der Waals surface area contributed by atoms with Crippen molar-refractivity contribution in [1.29, 1.82) is 0 Å². The molecule has 0 radical (unpaired) electrons. The van der Waals surface area contributed by atoms with Crippen molar-refractivity contribution in [2.75, 3.05) is 6.54 Å². The molecule has 1 heterocycles. The molecule has 0 bridgehead atoms. The molecule has 0 aromatic heterocycles. The highest BCUT2D eigenvalue weighted by Crippen LogP contribution is 2.37. The Balaban J connectivity index is 1.60. The molecule has 1 atom stereocenters. The van der Waals surface area contributed by atoms with Gasteiger partial charge in [-0.15, -0.1) is 0 Å². The summed E-state index contributed by atoms with van der Waals surface area (Å²) in [5.74, 6) is 0.0399. The van der Waals surface area contributed by atoms with E-state index < -0.39 is 11.6 Å². The fourth-order valence-corrected chi connectivity index (χ4v) is 3.99. The van der Waals surface area contributed by atoms with Gasteiger partial charge in [-0.2, -0.15) is 0 Å². The fraction of sp³-hybridized carbons (Fsp3) is 0.550. The van der Waals surface area contributed by atoms with Crippen molar-refractivity contribution < 1.29 is 14.4 Å². The van der Waals surface area contributed by atoms with Crippen LogP contribution in [0.5, 0.6) is 0 Å². The number of nitrogens with one attached hydrogen (secondary N) is 2. The van der Waals surface area contributed by atoms with E-state index in [9.17, 15) is 14.4 Å². The smallest absolute Gasteiger partial charge is 0.325 e. The zero-order valence-electron chi connectivity index (χ0n) is 15.5. The van der Waals surface area contributed by atoms with Gasteiger partial charge in [0.25, 0.3) is 5.91 Å². The molecular weight excluding hydrogens is 330 g/mol. The monoisotopic (exact) mass is 357 g/mol. The number of benzene rings is 1. The number of imide groups is 1. The van der Waals surface area contributed by atoms with E-state index in [0.717, 1.165) is 29.7 Å². The van der Waals surface area contributed by atoms with E-state index in [0.29, 0.717) is 18.8 Å². The van der Waals surface area contributed by atoms with E-state index in [1.54, 1.807) is 0 Å². The Morgan fingerprint density at radius 2 is 1.92 bits per heavy atom. The van der Waals surface area contributed by atoms with Gasteiger partial charge in [0.2, 0.25) is 5.91 Å². The number of hydrogen-bond donors (Lipinski definition) is 2. The van der Waals surface area contributed by atoms with Gasteiger partial charge in [0.05, 0.1) is 6.04 Å². The Labute approximate surface area is 154 Å². The van der Waals surface area contributed by atoms with Crippen LogP contribution in [0, 0.1) is 5.92 Å². The highest BCUT2D eigenvalue weighted by atomic mass is 16.2. The Morgan fingerprint density at radius 3 is 2.54 bits per heavy atom.